The Morgan fingerprint density at radius 3 is 2.70 bits per heavy atom. The molecule has 0 saturated carbocycles. The number of piperazine rings is 1. The Bertz CT molecular complexity index is 636. The van der Waals surface area contributed by atoms with Crippen molar-refractivity contribution in [1.82, 2.24) is 14.9 Å². The lowest BCUT2D eigenvalue weighted by molar-refractivity contribution is 0.283. The number of ether oxygens (including phenoxy) is 1. The highest BCUT2D eigenvalue weighted by molar-refractivity contribution is 5.57. The first-order valence-electron chi connectivity index (χ1n) is 7.89. The van der Waals surface area contributed by atoms with Gasteiger partial charge in [-0.1, -0.05) is 30.4 Å². The highest BCUT2D eigenvalue weighted by atomic mass is 16.5. The molecule has 0 radical (unpaired) electrons. The number of nitrogens with zero attached hydrogens (tertiary/aromatic N) is 4. The molecule has 0 atom stereocenters. The number of anilines is 1. The zero-order valence-electron chi connectivity index (χ0n) is 13.4. The van der Waals surface area contributed by atoms with Crippen LogP contribution in [-0.2, 0) is 0 Å². The summed E-state index contributed by atoms with van der Waals surface area (Å²) in [5.41, 5.74) is 1.12. The topological polar surface area (TPSA) is 41.5 Å². The molecule has 5 heteroatoms. The average Bonchev–Trinajstić information content (AvgIpc) is 2.63. The van der Waals surface area contributed by atoms with Gasteiger partial charge in [0.1, 0.15) is 11.6 Å². The van der Waals surface area contributed by atoms with E-state index in [-0.39, 0.29) is 0 Å². The predicted molar refractivity (Wildman–Crippen MR) is 92.7 cm³/mol. The minimum atomic E-state index is 0.913. The van der Waals surface area contributed by atoms with Crippen molar-refractivity contribution in [2.45, 2.75) is 0 Å². The number of para-hydroxylation sites is 1. The fraction of sp³-hybridized carbons (Fsp3) is 0.333. The Morgan fingerprint density at radius 1 is 1.13 bits per heavy atom. The van der Waals surface area contributed by atoms with Gasteiger partial charge in [-0.15, -0.1) is 0 Å². The molecule has 1 aliphatic heterocycles. The summed E-state index contributed by atoms with van der Waals surface area (Å²) in [6.07, 6.45) is 9.63. The molecule has 0 unspecified atom stereocenters. The summed E-state index contributed by atoms with van der Waals surface area (Å²) in [5.74, 6) is 1.88. The second-order valence-corrected chi connectivity index (χ2v) is 5.50. The SMILES string of the molecule is COc1ccccc1/C=C\CN1CCN(c2cnccn2)CC1. The Hall–Kier alpha value is -2.40. The van der Waals surface area contributed by atoms with Gasteiger partial charge in [-0.2, -0.15) is 0 Å². The number of hydrogen-bond acceptors (Lipinski definition) is 5. The maximum absolute atomic E-state index is 5.37. The predicted octanol–water partition coefficient (Wildman–Crippen LogP) is 2.32. The normalized spacial score (nSPS) is 16.0. The number of rotatable bonds is 5. The van der Waals surface area contributed by atoms with Crippen molar-refractivity contribution in [3.8, 4) is 5.75 Å². The molecule has 5 nitrogen and oxygen atoms in total. The summed E-state index contributed by atoms with van der Waals surface area (Å²) in [7, 11) is 1.71. The lowest BCUT2D eigenvalue weighted by Gasteiger charge is -2.34. The van der Waals surface area contributed by atoms with Crippen molar-refractivity contribution in [3.05, 3.63) is 54.5 Å². The summed E-state index contributed by atoms with van der Waals surface area (Å²) in [6, 6.07) is 8.07. The summed E-state index contributed by atoms with van der Waals surface area (Å²) in [5, 5.41) is 0. The van der Waals surface area contributed by atoms with E-state index in [0.29, 0.717) is 0 Å². The molecule has 23 heavy (non-hydrogen) atoms. The minimum absolute atomic E-state index is 0.913. The van der Waals surface area contributed by atoms with Crippen LogP contribution >= 0.6 is 0 Å². The van der Waals surface area contributed by atoms with Gasteiger partial charge in [-0.3, -0.25) is 9.88 Å². The fourth-order valence-electron chi connectivity index (χ4n) is 2.75. The first kappa shape index (κ1) is 15.5. The van der Waals surface area contributed by atoms with Crippen LogP contribution in [0.4, 0.5) is 5.82 Å². The van der Waals surface area contributed by atoms with E-state index in [2.05, 4.69) is 38.0 Å². The smallest absolute Gasteiger partial charge is 0.147 e. The van der Waals surface area contributed by atoms with Crippen LogP contribution in [0.3, 0.4) is 0 Å². The Labute approximate surface area is 137 Å². The van der Waals surface area contributed by atoms with Crippen LogP contribution in [0.25, 0.3) is 6.08 Å². The van der Waals surface area contributed by atoms with E-state index < -0.39 is 0 Å². The standard InChI is InChI=1S/C18H22N4O/c1-23-17-7-3-2-5-16(17)6-4-10-21-11-13-22(14-12-21)18-15-19-8-9-20-18/h2-9,15H,10-14H2,1H3/b6-4-. The van der Waals surface area contributed by atoms with Crippen molar-refractivity contribution in [2.24, 2.45) is 0 Å². The molecule has 120 valence electrons. The molecule has 1 fully saturated rings. The molecule has 1 aliphatic rings. The van der Waals surface area contributed by atoms with Crippen LogP contribution in [-0.4, -0.2) is 54.7 Å². The first-order valence-corrected chi connectivity index (χ1v) is 7.89. The van der Waals surface area contributed by atoms with Gasteiger partial charge in [0, 0.05) is 50.7 Å². The molecule has 0 aliphatic carbocycles. The van der Waals surface area contributed by atoms with Crippen molar-refractivity contribution >= 4 is 11.9 Å². The number of methoxy groups -OCH3 is 1. The highest BCUT2D eigenvalue weighted by Crippen LogP contribution is 2.18. The summed E-state index contributed by atoms with van der Waals surface area (Å²) in [6.45, 7) is 4.99. The van der Waals surface area contributed by atoms with Gasteiger partial charge in [-0.05, 0) is 6.07 Å². The van der Waals surface area contributed by atoms with E-state index >= 15 is 0 Å². The molecular weight excluding hydrogens is 288 g/mol. The van der Waals surface area contributed by atoms with Crippen LogP contribution in [0.1, 0.15) is 5.56 Å². The van der Waals surface area contributed by atoms with Gasteiger partial charge in [0.15, 0.2) is 0 Å². The lowest BCUT2D eigenvalue weighted by Crippen LogP contribution is -2.46. The second-order valence-electron chi connectivity index (χ2n) is 5.50. The number of aromatic nitrogens is 2. The molecule has 1 saturated heterocycles. The van der Waals surface area contributed by atoms with E-state index in [9.17, 15) is 0 Å². The maximum atomic E-state index is 5.37. The molecule has 0 spiro atoms. The van der Waals surface area contributed by atoms with Crippen LogP contribution in [0, 0.1) is 0 Å². The Kier molecular flexibility index (Phi) is 5.21. The second kappa shape index (κ2) is 7.74. The summed E-state index contributed by atoms with van der Waals surface area (Å²) in [4.78, 5) is 13.2. The molecule has 3 rings (SSSR count). The number of hydrogen-bond donors (Lipinski definition) is 0. The van der Waals surface area contributed by atoms with E-state index in [1.807, 2.05) is 24.4 Å². The zero-order chi connectivity index (χ0) is 15.9. The molecule has 0 amide bonds. The van der Waals surface area contributed by atoms with Crippen LogP contribution < -0.4 is 9.64 Å². The third-order valence-electron chi connectivity index (χ3n) is 4.05. The van der Waals surface area contributed by atoms with E-state index in [4.69, 9.17) is 4.74 Å². The summed E-state index contributed by atoms with van der Waals surface area (Å²) < 4.78 is 5.37. The van der Waals surface area contributed by atoms with Crippen LogP contribution in [0.5, 0.6) is 5.75 Å². The maximum Gasteiger partial charge on any atom is 0.147 e. The van der Waals surface area contributed by atoms with Gasteiger partial charge in [0.25, 0.3) is 0 Å². The zero-order valence-corrected chi connectivity index (χ0v) is 13.4. The van der Waals surface area contributed by atoms with Gasteiger partial charge in [-0.25, -0.2) is 4.98 Å². The van der Waals surface area contributed by atoms with Crippen LogP contribution in [0.2, 0.25) is 0 Å². The van der Waals surface area contributed by atoms with Gasteiger partial charge in [0.05, 0.1) is 13.3 Å². The van der Waals surface area contributed by atoms with E-state index in [1.165, 1.54) is 0 Å². The Balaban J connectivity index is 1.50. The fourth-order valence-corrected chi connectivity index (χ4v) is 2.75. The molecule has 1 aromatic carbocycles. The molecule has 2 heterocycles. The van der Waals surface area contributed by atoms with E-state index in [1.54, 1.807) is 19.5 Å². The highest BCUT2D eigenvalue weighted by Gasteiger charge is 2.16. The quantitative estimate of drug-likeness (QED) is 0.848. The third kappa shape index (κ3) is 4.07. The molecule has 1 aromatic heterocycles. The minimum Gasteiger partial charge on any atom is -0.496 e. The molecule has 0 N–H and O–H groups in total. The van der Waals surface area contributed by atoms with E-state index in [0.717, 1.165) is 49.9 Å². The third-order valence-corrected chi connectivity index (χ3v) is 4.05. The van der Waals surface area contributed by atoms with Crippen LogP contribution in [0.15, 0.2) is 48.9 Å². The van der Waals surface area contributed by atoms with Crippen molar-refractivity contribution < 1.29 is 4.74 Å². The molecular formula is C18H22N4O. The number of benzene rings is 1. The molecule has 0 bridgehead atoms. The van der Waals surface area contributed by atoms with Gasteiger partial charge in [0.2, 0.25) is 0 Å². The van der Waals surface area contributed by atoms with Gasteiger partial charge >= 0.3 is 0 Å². The van der Waals surface area contributed by atoms with Crippen molar-refractivity contribution in [2.75, 3.05) is 44.7 Å². The largest absolute Gasteiger partial charge is 0.496 e. The molecule has 2 aromatic rings. The van der Waals surface area contributed by atoms with Gasteiger partial charge < -0.3 is 9.64 Å². The summed E-state index contributed by atoms with van der Waals surface area (Å²) >= 11 is 0. The van der Waals surface area contributed by atoms with Crippen molar-refractivity contribution in [1.29, 1.82) is 0 Å². The van der Waals surface area contributed by atoms with Crippen molar-refractivity contribution in [3.63, 3.8) is 0 Å². The average molecular weight is 310 g/mol. The monoisotopic (exact) mass is 310 g/mol. The lowest BCUT2D eigenvalue weighted by atomic mass is 10.2. The Morgan fingerprint density at radius 2 is 1.96 bits per heavy atom. The first-order chi connectivity index (χ1) is 11.4.